The standard InChI is InChI=1S/C25H24ClNO4/c26-20-5-1-3-17(11-20)24(28)15-27-21-9-7-16-8-10-23(14-19(16)12-21)31-22-6-2-4-18(13-22)25(29)30/h1-6,8,10-11,13-14,21,24,27-28H,7,9,12,15H2,(H,29,30). The number of halogens is 1. The number of aryl methyl sites for hydroxylation is 1. The zero-order valence-corrected chi connectivity index (χ0v) is 17.7. The molecule has 0 saturated heterocycles. The number of hydrogen-bond acceptors (Lipinski definition) is 4. The number of carboxylic acid groups (broad SMARTS) is 1. The Hall–Kier alpha value is -2.86. The van der Waals surface area contributed by atoms with Crippen molar-refractivity contribution >= 4 is 17.6 Å². The topological polar surface area (TPSA) is 78.8 Å². The van der Waals surface area contributed by atoms with Gasteiger partial charge in [0.05, 0.1) is 11.7 Å². The van der Waals surface area contributed by atoms with E-state index >= 15 is 0 Å². The van der Waals surface area contributed by atoms with Gasteiger partial charge >= 0.3 is 5.97 Å². The molecule has 0 spiro atoms. The molecule has 2 atom stereocenters. The Labute approximate surface area is 186 Å². The number of rotatable bonds is 7. The van der Waals surface area contributed by atoms with Crippen LogP contribution in [0, 0.1) is 0 Å². The van der Waals surface area contributed by atoms with E-state index in [1.165, 1.54) is 23.3 Å². The van der Waals surface area contributed by atoms with Crippen LogP contribution in [0.2, 0.25) is 5.02 Å². The second-order valence-corrected chi connectivity index (χ2v) is 8.22. The van der Waals surface area contributed by atoms with Crippen molar-refractivity contribution in [3.05, 3.63) is 94.0 Å². The maximum Gasteiger partial charge on any atom is 0.335 e. The van der Waals surface area contributed by atoms with Crippen molar-refractivity contribution in [2.45, 2.75) is 31.4 Å². The van der Waals surface area contributed by atoms with Crippen LogP contribution < -0.4 is 10.1 Å². The molecule has 0 aromatic heterocycles. The summed E-state index contributed by atoms with van der Waals surface area (Å²) in [6.45, 7) is 0.457. The number of hydrogen-bond donors (Lipinski definition) is 3. The lowest BCUT2D eigenvalue weighted by molar-refractivity contribution is 0.0696. The van der Waals surface area contributed by atoms with Crippen LogP contribution in [0.3, 0.4) is 0 Å². The number of aliphatic hydroxyl groups is 1. The lowest BCUT2D eigenvalue weighted by Gasteiger charge is -2.27. The fraction of sp³-hybridized carbons (Fsp3) is 0.240. The molecule has 5 nitrogen and oxygen atoms in total. The first-order valence-electron chi connectivity index (χ1n) is 10.3. The molecule has 4 rings (SSSR count). The number of nitrogens with one attached hydrogen (secondary N) is 1. The summed E-state index contributed by atoms with van der Waals surface area (Å²) in [7, 11) is 0. The fourth-order valence-corrected chi connectivity index (χ4v) is 4.11. The molecule has 3 aromatic rings. The van der Waals surface area contributed by atoms with Crippen LogP contribution in [0.4, 0.5) is 0 Å². The number of carboxylic acids is 1. The number of aromatic carboxylic acids is 1. The lowest BCUT2D eigenvalue weighted by atomic mass is 9.88. The second kappa shape index (κ2) is 9.52. The van der Waals surface area contributed by atoms with Crippen LogP contribution in [0.15, 0.2) is 66.7 Å². The minimum absolute atomic E-state index is 0.193. The van der Waals surface area contributed by atoms with E-state index in [4.69, 9.17) is 21.4 Å². The van der Waals surface area contributed by atoms with Gasteiger partial charge in [0.25, 0.3) is 0 Å². The highest BCUT2D eigenvalue weighted by Gasteiger charge is 2.20. The normalized spacial score (nSPS) is 16.4. The Morgan fingerprint density at radius 3 is 2.68 bits per heavy atom. The minimum atomic E-state index is -0.982. The van der Waals surface area contributed by atoms with Crippen LogP contribution in [-0.4, -0.2) is 28.8 Å². The van der Waals surface area contributed by atoms with Crippen LogP contribution in [0.25, 0.3) is 0 Å². The van der Waals surface area contributed by atoms with Crippen LogP contribution in [0.5, 0.6) is 11.5 Å². The Morgan fingerprint density at radius 1 is 1.06 bits per heavy atom. The van der Waals surface area contributed by atoms with E-state index in [2.05, 4.69) is 11.4 Å². The van der Waals surface area contributed by atoms with Crippen molar-refractivity contribution in [3.63, 3.8) is 0 Å². The quantitative estimate of drug-likeness (QED) is 0.484. The molecule has 2 unspecified atom stereocenters. The van der Waals surface area contributed by atoms with Crippen LogP contribution in [-0.2, 0) is 12.8 Å². The van der Waals surface area contributed by atoms with Gasteiger partial charge in [0.1, 0.15) is 11.5 Å². The van der Waals surface area contributed by atoms with E-state index in [9.17, 15) is 9.90 Å². The smallest absolute Gasteiger partial charge is 0.335 e. The zero-order valence-electron chi connectivity index (χ0n) is 16.9. The summed E-state index contributed by atoms with van der Waals surface area (Å²) < 4.78 is 5.90. The number of aliphatic hydroxyl groups excluding tert-OH is 1. The largest absolute Gasteiger partial charge is 0.478 e. The molecule has 0 saturated carbocycles. The van der Waals surface area contributed by atoms with Crippen molar-refractivity contribution in [1.29, 1.82) is 0 Å². The fourth-order valence-electron chi connectivity index (χ4n) is 3.91. The summed E-state index contributed by atoms with van der Waals surface area (Å²) >= 11 is 6.02. The SMILES string of the molecule is O=C(O)c1cccc(Oc2ccc3c(c2)CC(NCC(O)c2cccc(Cl)c2)CC3)c1. The van der Waals surface area contributed by atoms with Gasteiger partial charge in [-0.3, -0.25) is 0 Å². The number of fused-ring (bicyclic) bond motifs is 1. The summed E-state index contributed by atoms with van der Waals surface area (Å²) in [5, 5.41) is 23.7. The highest BCUT2D eigenvalue weighted by Crippen LogP contribution is 2.29. The van der Waals surface area contributed by atoms with Crippen molar-refractivity contribution in [3.8, 4) is 11.5 Å². The number of ether oxygens (including phenoxy) is 1. The van der Waals surface area contributed by atoms with E-state index < -0.39 is 12.1 Å². The molecule has 0 amide bonds. The minimum Gasteiger partial charge on any atom is -0.478 e. The Balaban J connectivity index is 1.39. The molecule has 0 fully saturated rings. The van der Waals surface area contributed by atoms with Crippen LogP contribution in [0.1, 0.15) is 39.6 Å². The van der Waals surface area contributed by atoms with Crippen molar-refractivity contribution in [1.82, 2.24) is 5.32 Å². The van der Waals surface area contributed by atoms with Gasteiger partial charge in [0.15, 0.2) is 0 Å². The van der Waals surface area contributed by atoms with E-state index in [-0.39, 0.29) is 11.6 Å². The van der Waals surface area contributed by atoms with Crippen molar-refractivity contribution in [2.75, 3.05) is 6.54 Å². The van der Waals surface area contributed by atoms with Crippen molar-refractivity contribution in [2.24, 2.45) is 0 Å². The molecule has 1 aliphatic carbocycles. The summed E-state index contributed by atoms with van der Waals surface area (Å²) in [5.41, 5.74) is 3.49. The molecule has 0 heterocycles. The third kappa shape index (κ3) is 5.44. The van der Waals surface area contributed by atoms with Gasteiger partial charge in [-0.1, -0.05) is 35.9 Å². The third-order valence-electron chi connectivity index (χ3n) is 5.56. The van der Waals surface area contributed by atoms with E-state index in [1.807, 2.05) is 24.3 Å². The predicted molar refractivity (Wildman–Crippen MR) is 120 cm³/mol. The summed E-state index contributed by atoms with van der Waals surface area (Å²) in [5.74, 6) is 0.195. The monoisotopic (exact) mass is 437 g/mol. The molecule has 3 N–H and O–H groups in total. The van der Waals surface area contributed by atoms with Gasteiger partial charge in [-0.05, 0) is 78.4 Å². The first kappa shape index (κ1) is 21.4. The predicted octanol–water partition coefficient (Wildman–Crippen LogP) is 5.01. The second-order valence-electron chi connectivity index (χ2n) is 7.78. The highest BCUT2D eigenvalue weighted by molar-refractivity contribution is 6.30. The zero-order chi connectivity index (χ0) is 21.8. The molecule has 3 aromatic carbocycles. The first-order chi connectivity index (χ1) is 15.0. The van der Waals surface area contributed by atoms with Crippen molar-refractivity contribution < 1.29 is 19.7 Å². The molecule has 31 heavy (non-hydrogen) atoms. The Kier molecular flexibility index (Phi) is 6.56. The van der Waals surface area contributed by atoms with Gasteiger partial charge in [0, 0.05) is 17.6 Å². The number of benzene rings is 3. The Morgan fingerprint density at radius 2 is 1.87 bits per heavy atom. The average Bonchev–Trinajstić information content (AvgIpc) is 2.77. The van der Waals surface area contributed by atoms with Gasteiger partial charge in [0.2, 0.25) is 0 Å². The average molecular weight is 438 g/mol. The van der Waals surface area contributed by atoms with Gasteiger partial charge < -0.3 is 20.3 Å². The van der Waals surface area contributed by atoms with E-state index in [1.54, 1.807) is 24.3 Å². The number of carbonyl (C=O) groups is 1. The molecule has 6 heteroatoms. The molecular weight excluding hydrogens is 414 g/mol. The third-order valence-corrected chi connectivity index (χ3v) is 5.79. The molecule has 0 bridgehead atoms. The summed E-state index contributed by atoms with van der Waals surface area (Å²) in [6.07, 6.45) is 2.17. The highest BCUT2D eigenvalue weighted by atomic mass is 35.5. The van der Waals surface area contributed by atoms with Gasteiger partial charge in [-0.2, -0.15) is 0 Å². The maximum absolute atomic E-state index is 11.2. The molecule has 0 aliphatic heterocycles. The summed E-state index contributed by atoms with van der Waals surface area (Å²) in [6, 6.07) is 20.0. The van der Waals surface area contributed by atoms with E-state index in [0.29, 0.717) is 23.1 Å². The molecule has 160 valence electrons. The molecule has 0 radical (unpaired) electrons. The lowest BCUT2D eigenvalue weighted by Crippen LogP contribution is -2.37. The first-order valence-corrected chi connectivity index (χ1v) is 10.7. The molecule has 1 aliphatic rings. The molecular formula is C25H24ClNO4. The van der Waals surface area contributed by atoms with Gasteiger partial charge in [-0.15, -0.1) is 0 Å². The maximum atomic E-state index is 11.2. The Bertz CT molecular complexity index is 1080. The van der Waals surface area contributed by atoms with Crippen LogP contribution >= 0.6 is 11.6 Å². The summed E-state index contributed by atoms with van der Waals surface area (Å²) in [4.78, 5) is 11.2. The van der Waals surface area contributed by atoms with E-state index in [0.717, 1.165) is 24.8 Å². The van der Waals surface area contributed by atoms with Gasteiger partial charge in [-0.25, -0.2) is 4.79 Å².